The molecule has 3 nitrogen and oxygen atoms in total. The molecule has 2 aliphatic carbocycles. The van der Waals surface area contributed by atoms with E-state index in [2.05, 4.69) is 20.8 Å². The van der Waals surface area contributed by atoms with Crippen LogP contribution in [0.1, 0.15) is 60.3 Å². The SMILES string of the molecule is CC(C)CC(=O)O.CC1(C)[C@@H]2CC[C@]1(C)[C@H](O)C2. The Morgan fingerprint density at radius 2 is 1.89 bits per heavy atom. The van der Waals surface area contributed by atoms with Crippen molar-refractivity contribution in [2.45, 2.75) is 66.4 Å². The molecule has 106 valence electrons. The van der Waals surface area contributed by atoms with Crippen LogP contribution in [0.5, 0.6) is 0 Å². The molecule has 0 unspecified atom stereocenters. The lowest BCUT2D eigenvalue weighted by Gasteiger charge is -2.36. The molecule has 2 bridgehead atoms. The van der Waals surface area contributed by atoms with Gasteiger partial charge < -0.3 is 10.2 Å². The average Bonchev–Trinajstić information content (AvgIpc) is 2.49. The number of aliphatic carboxylic acids is 1. The topological polar surface area (TPSA) is 57.5 Å². The number of hydrogen-bond acceptors (Lipinski definition) is 2. The normalized spacial score (nSPS) is 36.4. The number of carbonyl (C=O) groups is 1. The van der Waals surface area contributed by atoms with Crippen molar-refractivity contribution in [3.8, 4) is 0 Å². The van der Waals surface area contributed by atoms with Gasteiger partial charge in [-0.15, -0.1) is 0 Å². The van der Waals surface area contributed by atoms with Crippen molar-refractivity contribution in [1.82, 2.24) is 0 Å². The summed E-state index contributed by atoms with van der Waals surface area (Å²) in [6.07, 6.45) is 3.85. The van der Waals surface area contributed by atoms with E-state index in [1.54, 1.807) is 0 Å². The molecule has 0 aromatic rings. The summed E-state index contributed by atoms with van der Waals surface area (Å²) < 4.78 is 0. The quantitative estimate of drug-likeness (QED) is 0.797. The molecule has 3 heteroatoms. The number of fused-ring (bicyclic) bond motifs is 2. The van der Waals surface area contributed by atoms with E-state index in [0.717, 1.165) is 12.3 Å². The van der Waals surface area contributed by atoms with Gasteiger partial charge in [0.05, 0.1) is 6.10 Å². The third-order valence-corrected chi connectivity index (χ3v) is 5.33. The number of rotatable bonds is 2. The number of carboxylic acids is 1. The maximum absolute atomic E-state index is 9.81. The zero-order valence-corrected chi connectivity index (χ0v) is 12.4. The molecule has 2 saturated carbocycles. The van der Waals surface area contributed by atoms with Crippen molar-refractivity contribution in [2.24, 2.45) is 22.7 Å². The molecule has 18 heavy (non-hydrogen) atoms. The Kier molecular flexibility index (Phi) is 4.47. The van der Waals surface area contributed by atoms with Gasteiger partial charge in [-0.1, -0.05) is 34.6 Å². The standard InChI is InChI=1S/C10H18O.C5H10O2/c1-9(2)7-4-5-10(9,3)8(11)6-7;1-4(2)3-5(6)7/h7-8,11H,4-6H2,1-3H3;4H,3H2,1-2H3,(H,6,7)/t7-,8-,10-;/m1./s1. The Hall–Kier alpha value is -0.570. The molecule has 3 atom stereocenters. The Morgan fingerprint density at radius 3 is 2.00 bits per heavy atom. The van der Waals surface area contributed by atoms with Gasteiger partial charge in [0.15, 0.2) is 0 Å². The van der Waals surface area contributed by atoms with Crippen LogP contribution in [0.25, 0.3) is 0 Å². The molecule has 2 fully saturated rings. The smallest absolute Gasteiger partial charge is 0.303 e. The van der Waals surface area contributed by atoms with Crippen LogP contribution in [0.4, 0.5) is 0 Å². The van der Waals surface area contributed by atoms with Gasteiger partial charge in [0.1, 0.15) is 0 Å². The zero-order valence-electron chi connectivity index (χ0n) is 12.4. The number of aliphatic hydroxyl groups is 1. The van der Waals surface area contributed by atoms with Gasteiger partial charge in [0, 0.05) is 6.42 Å². The largest absolute Gasteiger partial charge is 0.481 e. The van der Waals surface area contributed by atoms with Gasteiger partial charge in [-0.3, -0.25) is 4.79 Å². The van der Waals surface area contributed by atoms with Gasteiger partial charge >= 0.3 is 5.97 Å². The number of hydrogen-bond donors (Lipinski definition) is 2. The summed E-state index contributed by atoms with van der Waals surface area (Å²) in [7, 11) is 0. The van der Waals surface area contributed by atoms with Crippen molar-refractivity contribution in [2.75, 3.05) is 0 Å². The van der Waals surface area contributed by atoms with Gasteiger partial charge in [0.25, 0.3) is 0 Å². The number of carboxylic acid groups (broad SMARTS) is 1. The Balaban J connectivity index is 0.000000203. The van der Waals surface area contributed by atoms with Crippen molar-refractivity contribution in [3.63, 3.8) is 0 Å². The predicted molar refractivity (Wildman–Crippen MR) is 72.3 cm³/mol. The molecular weight excluding hydrogens is 228 g/mol. The summed E-state index contributed by atoms with van der Waals surface area (Å²) in [5.74, 6) is 0.343. The van der Waals surface area contributed by atoms with Crippen molar-refractivity contribution in [3.05, 3.63) is 0 Å². The second-order valence-electron chi connectivity index (χ2n) is 7.12. The summed E-state index contributed by atoms with van der Waals surface area (Å²) in [6, 6.07) is 0. The van der Waals surface area contributed by atoms with Crippen LogP contribution < -0.4 is 0 Å². The second-order valence-corrected chi connectivity index (χ2v) is 7.12. The molecule has 0 spiro atoms. The summed E-state index contributed by atoms with van der Waals surface area (Å²) in [6.45, 7) is 10.7. The van der Waals surface area contributed by atoms with Crippen LogP contribution in [-0.4, -0.2) is 22.3 Å². The molecule has 0 amide bonds. The molecule has 0 saturated heterocycles. The second kappa shape index (κ2) is 5.20. The minimum atomic E-state index is -0.713. The average molecular weight is 256 g/mol. The fourth-order valence-electron chi connectivity index (χ4n) is 3.51. The zero-order chi connectivity index (χ0) is 14.1. The Labute approximate surface area is 111 Å². The highest BCUT2D eigenvalue weighted by atomic mass is 16.4. The Morgan fingerprint density at radius 1 is 1.33 bits per heavy atom. The molecule has 0 aromatic heterocycles. The molecule has 0 aliphatic heterocycles. The first-order valence-electron chi connectivity index (χ1n) is 7.01. The van der Waals surface area contributed by atoms with Crippen LogP contribution in [0, 0.1) is 22.7 Å². The summed E-state index contributed by atoms with van der Waals surface area (Å²) >= 11 is 0. The van der Waals surface area contributed by atoms with Gasteiger partial charge in [-0.25, -0.2) is 0 Å². The van der Waals surface area contributed by atoms with Crippen LogP contribution >= 0.6 is 0 Å². The van der Waals surface area contributed by atoms with Crippen LogP contribution in [0.2, 0.25) is 0 Å². The van der Waals surface area contributed by atoms with Crippen molar-refractivity contribution >= 4 is 5.97 Å². The first-order chi connectivity index (χ1) is 8.11. The van der Waals surface area contributed by atoms with E-state index in [0.29, 0.717) is 5.41 Å². The lowest BCUT2D eigenvalue weighted by molar-refractivity contribution is -0.137. The molecule has 0 radical (unpaired) electrons. The van der Waals surface area contributed by atoms with E-state index in [-0.39, 0.29) is 23.9 Å². The third kappa shape index (κ3) is 2.71. The molecule has 0 heterocycles. The molecule has 2 N–H and O–H groups in total. The fourth-order valence-corrected chi connectivity index (χ4v) is 3.51. The van der Waals surface area contributed by atoms with Gasteiger partial charge in [-0.05, 0) is 41.9 Å². The van der Waals surface area contributed by atoms with E-state index in [1.165, 1.54) is 12.8 Å². The summed E-state index contributed by atoms with van der Waals surface area (Å²) in [4.78, 5) is 9.81. The molecule has 2 aliphatic rings. The van der Waals surface area contributed by atoms with E-state index < -0.39 is 5.97 Å². The van der Waals surface area contributed by atoms with Crippen LogP contribution in [0.15, 0.2) is 0 Å². The van der Waals surface area contributed by atoms with Crippen LogP contribution in [-0.2, 0) is 4.79 Å². The monoisotopic (exact) mass is 256 g/mol. The van der Waals surface area contributed by atoms with Crippen molar-refractivity contribution in [1.29, 1.82) is 0 Å². The first-order valence-corrected chi connectivity index (χ1v) is 7.01. The third-order valence-electron chi connectivity index (χ3n) is 5.33. The minimum Gasteiger partial charge on any atom is -0.481 e. The number of aliphatic hydroxyl groups excluding tert-OH is 1. The fraction of sp³-hybridized carbons (Fsp3) is 0.933. The summed E-state index contributed by atoms with van der Waals surface area (Å²) in [5.41, 5.74) is 0.601. The van der Waals surface area contributed by atoms with Crippen LogP contribution in [0.3, 0.4) is 0 Å². The van der Waals surface area contributed by atoms with E-state index in [9.17, 15) is 9.90 Å². The highest BCUT2D eigenvalue weighted by Gasteiger charge is 2.60. The molecule has 0 aromatic carbocycles. The Bertz CT molecular complexity index is 309. The van der Waals surface area contributed by atoms with Crippen molar-refractivity contribution < 1.29 is 15.0 Å². The molecule has 2 rings (SSSR count). The van der Waals surface area contributed by atoms with Gasteiger partial charge in [0.2, 0.25) is 0 Å². The van der Waals surface area contributed by atoms with E-state index in [1.807, 2.05) is 13.8 Å². The maximum atomic E-state index is 9.81. The molecular formula is C15H28O3. The highest BCUT2D eigenvalue weighted by molar-refractivity contribution is 5.66. The van der Waals surface area contributed by atoms with Gasteiger partial charge in [-0.2, -0.15) is 0 Å². The predicted octanol–water partition coefficient (Wildman–Crippen LogP) is 3.31. The van der Waals surface area contributed by atoms with E-state index in [4.69, 9.17) is 5.11 Å². The lowest BCUT2D eigenvalue weighted by Crippen LogP contribution is -2.35. The lowest BCUT2D eigenvalue weighted by atomic mass is 9.70. The van der Waals surface area contributed by atoms with E-state index >= 15 is 0 Å². The maximum Gasteiger partial charge on any atom is 0.303 e. The summed E-state index contributed by atoms with van der Waals surface area (Å²) in [5, 5.41) is 17.9. The highest BCUT2D eigenvalue weighted by Crippen LogP contribution is 2.65. The minimum absolute atomic E-state index is 0.0313. The first kappa shape index (κ1) is 15.5.